The molecule has 0 amide bonds. The Hall–Kier alpha value is -1.27. The molecule has 2 aromatic heterocycles. The SMILES string of the molecule is Cc1ccnc(-n2nc(C)c(Br)c2C)c1C(N)=S. The Labute approximate surface area is 119 Å². The van der Waals surface area contributed by atoms with Crippen LogP contribution in [0.5, 0.6) is 0 Å². The van der Waals surface area contributed by atoms with Gasteiger partial charge in [0.2, 0.25) is 0 Å². The standard InChI is InChI=1S/C12H13BrN4S/c1-6-4-5-15-12(9(6)11(14)18)17-8(3)10(13)7(2)16-17/h4-5H,1-3H3,(H2,14,18). The van der Waals surface area contributed by atoms with Gasteiger partial charge in [0.05, 0.1) is 21.4 Å². The van der Waals surface area contributed by atoms with E-state index in [4.69, 9.17) is 18.0 Å². The Balaban J connectivity index is 2.75. The summed E-state index contributed by atoms with van der Waals surface area (Å²) in [5.74, 6) is 0.675. The van der Waals surface area contributed by atoms with Crippen LogP contribution in [0.1, 0.15) is 22.5 Å². The van der Waals surface area contributed by atoms with Crippen LogP contribution >= 0.6 is 28.1 Å². The number of rotatable bonds is 2. The fourth-order valence-corrected chi connectivity index (χ4v) is 2.34. The zero-order valence-corrected chi connectivity index (χ0v) is 12.8. The first kappa shape index (κ1) is 13.2. The fraction of sp³-hybridized carbons (Fsp3) is 0.250. The van der Waals surface area contributed by atoms with Crippen LogP contribution in [0.15, 0.2) is 16.7 Å². The normalized spacial score (nSPS) is 10.7. The van der Waals surface area contributed by atoms with Crippen LogP contribution in [0.3, 0.4) is 0 Å². The Kier molecular flexibility index (Phi) is 3.49. The molecular formula is C12H13BrN4S. The molecule has 0 saturated heterocycles. The highest BCUT2D eigenvalue weighted by molar-refractivity contribution is 9.10. The van der Waals surface area contributed by atoms with E-state index in [1.807, 2.05) is 26.8 Å². The monoisotopic (exact) mass is 324 g/mol. The number of halogens is 1. The van der Waals surface area contributed by atoms with E-state index in [1.54, 1.807) is 10.9 Å². The molecule has 0 saturated carbocycles. The Morgan fingerprint density at radius 2 is 2.06 bits per heavy atom. The van der Waals surface area contributed by atoms with E-state index in [0.717, 1.165) is 27.0 Å². The first-order valence-electron chi connectivity index (χ1n) is 5.41. The lowest BCUT2D eigenvalue weighted by Crippen LogP contribution is -2.17. The highest BCUT2D eigenvalue weighted by Crippen LogP contribution is 2.24. The van der Waals surface area contributed by atoms with Crippen molar-refractivity contribution in [1.82, 2.24) is 14.8 Å². The van der Waals surface area contributed by atoms with Crippen LogP contribution in [0.4, 0.5) is 0 Å². The number of nitrogens with zero attached hydrogens (tertiary/aromatic N) is 3. The van der Waals surface area contributed by atoms with Crippen molar-refractivity contribution in [3.05, 3.63) is 39.3 Å². The van der Waals surface area contributed by atoms with E-state index in [2.05, 4.69) is 26.0 Å². The summed E-state index contributed by atoms with van der Waals surface area (Å²) in [6.45, 7) is 5.86. The minimum atomic E-state index is 0.333. The maximum Gasteiger partial charge on any atom is 0.164 e. The molecule has 0 radical (unpaired) electrons. The second-order valence-corrected chi connectivity index (χ2v) is 5.32. The predicted octanol–water partition coefficient (Wildman–Crippen LogP) is 2.59. The van der Waals surface area contributed by atoms with Gasteiger partial charge in [0, 0.05) is 6.20 Å². The lowest BCUT2D eigenvalue weighted by atomic mass is 10.1. The van der Waals surface area contributed by atoms with Crippen LogP contribution in [-0.2, 0) is 0 Å². The van der Waals surface area contributed by atoms with Crippen molar-refractivity contribution < 1.29 is 0 Å². The minimum Gasteiger partial charge on any atom is -0.389 e. The molecule has 18 heavy (non-hydrogen) atoms. The summed E-state index contributed by atoms with van der Waals surface area (Å²) in [7, 11) is 0. The average molecular weight is 325 g/mol. The topological polar surface area (TPSA) is 56.7 Å². The molecule has 0 aliphatic rings. The van der Waals surface area contributed by atoms with Crippen molar-refractivity contribution in [3.63, 3.8) is 0 Å². The highest BCUT2D eigenvalue weighted by Gasteiger charge is 2.17. The molecule has 0 aliphatic carbocycles. The van der Waals surface area contributed by atoms with Gasteiger partial charge in [0.15, 0.2) is 5.82 Å². The highest BCUT2D eigenvalue weighted by atomic mass is 79.9. The zero-order valence-electron chi connectivity index (χ0n) is 10.4. The summed E-state index contributed by atoms with van der Waals surface area (Å²) in [5.41, 5.74) is 9.43. The van der Waals surface area contributed by atoms with Crippen molar-refractivity contribution in [1.29, 1.82) is 0 Å². The van der Waals surface area contributed by atoms with Gasteiger partial charge in [-0.2, -0.15) is 5.10 Å². The summed E-state index contributed by atoms with van der Waals surface area (Å²) in [6.07, 6.45) is 1.73. The van der Waals surface area contributed by atoms with E-state index in [1.165, 1.54) is 0 Å². The van der Waals surface area contributed by atoms with Crippen molar-refractivity contribution in [2.24, 2.45) is 5.73 Å². The van der Waals surface area contributed by atoms with E-state index in [0.29, 0.717) is 10.8 Å². The third kappa shape index (κ3) is 2.06. The number of aromatic nitrogens is 3. The molecule has 2 aromatic rings. The van der Waals surface area contributed by atoms with E-state index in [9.17, 15) is 0 Å². The largest absolute Gasteiger partial charge is 0.389 e. The van der Waals surface area contributed by atoms with Crippen molar-refractivity contribution in [2.45, 2.75) is 20.8 Å². The Bertz CT molecular complexity index is 633. The average Bonchev–Trinajstić information content (AvgIpc) is 2.56. The number of thiocarbonyl (C=S) groups is 1. The summed E-state index contributed by atoms with van der Waals surface area (Å²) < 4.78 is 2.74. The third-order valence-corrected chi connectivity index (χ3v) is 4.14. The van der Waals surface area contributed by atoms with E-state index >= 15 is 0 Å². The fourth-order valence-electron chi connectivity index (χ4n) is 1.84. The molecule has 0 spiro atoms. The summed E-state index contributed by atoms with van der Waals surface area (Å²) in [4.78, 5) is 4.69. The smallest absolute Gasteiger partial charge is 0.164 e. The molecule has 94 valence electrons. The molecule has 0 unspecified atom stereocenters. The summed E-state index contributed by atoms with van der Waals surface area (Å²) in [6, 6.07) is 1.89. The Morgan fingerprint density at radius 3 is 2.56 bits per heavy atom. The molecule has 0 bridgehead atoms. The van der Waals surface area contributed by atoms with Gasteiger partial charge in [-0.15, -0.1) is 0 Å². The Morgan fingerprint density at radius 1 is 1.39 bits per heavy atom. The van der Waals surface area contributed by atoms with Crippen LogP contribution in [0, 0.1) is 20.8 Å². The molecular weight excluding hydrogens is 312 g/mol. The lowest BCUT2D eigenvalue weighted by molar-refractivity contribution is 0.802. The quantitative estimate of drug-likeness (QED) is 0.863. The van der Waals surface area contributed by atoms with Crippen molar-refractivity contribution in [3.8, 4) is 5.82 Å². The van der Waals surface area contributed by atoms with Crippen LogP contribution in [-0.4, -0.2) is 19.8 Å². The first-order chi connectivity index (χ1) is 8.43. The van der Waals surface area contributed by atoms with Gasteiger partial charge >= 0.3 is 0 Å². The van der Waals surface area contributed by atoms with Gasteiger partial charge < -0.3 is 5.73 Å². The zero-order chi connectivity index (χ0) is 13.4. The molecule has 0 aromatic carbocycles. The number of nitrogens with two attached hydrogens (primary N) is 1. The van der Waals surface area contributed by atoms with E-state index < -0.39 is 0 Å². The molecule has 0 fully saturated rings. The van der Waals surface area contributed by atoms with Crippen LogP contribution in [0.25, 0.3) is 5.82 Å². The molecule has 2 rings (SSSR count). The van der Waals surface area contributed by atoms with Crippen LogP contribution < -0.4 is 5.73 Å². The second-order valence-electron chi connectivity index (χ2n) is 4.09. The number of hydrogen-bond donors (Lipinski definition) is 1. The van der Waals surface area contributed by atoms with Gasteiger partial charge in [0.25, 0.3) is 0 Å². The second kappa shape index (κ2) is 4.78. The van der Waals surface area contributed by atoms with Crippen LogP contribution in [0.2, 0.25) is 0 Å². The van der Waals surface area contributed by atoms with Gasteiger partial charge in [-0.05, 0) is 48.3 Å². The number of pyridine rings is 1. The van der Waals surface area contributed by atoms with Crippen molar-refractivity contribution >= 4 is 33.1 Å². The molecule has 0 aliphatic heterocycles. The predicted molar refractivity (Wildman–Crippen MR) is 79.2 cm³/mol. The van der Waals surface area contributed by atoms with Gasteiger partial charge in [-0.1, -0.05) is 12.2 Å². The molecule has 4 nitrogen and oxygen atoms in total. The number of hydrogen-bond acceptors (Lipinski definition) is 3. The van der Waals surface area contributed by atoms with Crippen molar-refractivity contribution in [2.75, 3.05) is 0 Å². The lowest BCUT2D eigenvalue weighted by Gasteiger charge is -2.11. The summed E-state index contributed by atoms with van der Waals surface area (Å²) in [5, 5.41) is 4.46. The molecule has 0 atom stereocenters. The van der Waals surface area contributed by atoms with Gasteiger partial charge in [-0.3, -0.25) is 0 Å². The molecule has 2 heterocycles. The first-order valence-corrected chi connectivity index (χ1v) is 6.61. The maximum absolute atomic E-state index is 5.79. The maximum atomic E-state index is 5.79. The minimum absolute atomic E-state index is 0.333. The number of aryl methyl sites for hydroxylation is 2. The summed E-state index contributed by atoms with van der Waals surface area (Å²) >= 11 is 8.61. The molecule has 6 heteroatoms. The van der Waals surface area contributed by atoms with E-state index in [-0.39, 0.29) is 0 Å². The van der Waals surface area contributed by atoms with Gasteiger partial charge in [0.1, 0.15) is 4.99 Å². The van der Waals surface area contributed by atoms with Gasteiger partial charge in [-0.25, -0.2) is 9.67 Å². The molecule has 2 N–H and O–H groups in total. The third-order valence-electron chi connectivity index (χ3n) is 2.79.